The molecule has 4 heteroatoms. The Morgan fingerprint density at radius 2 is 1.94 bits per heavy atom. The lowest BCUT2D eigenvalue weighted by Crippen LogP contribution is -2.34. The Balaban J connectivity index is 2.06. The maximum Gasteiger partial charge on any atom is 0.183 e. The van der Waals surface area contributed by atoms with E-state index < -0.39 is 0 Å². The van der Waals surface area contributed by atoms with Gasteiger partial charge in [-0.05, 0) is 5.56 Å². The Labute approximate surface area is 102 Å². The number of rotatable bonds is 4. The van der Waals surface area contributed by atoms with E-state index in [4.69, 9.17) is 14.2 Å². The molecule has 0 amide bonds. The summed E-state index contributed by atoms with van der Waals surface area (Å²) in [5, 5.41) is 3.42. The minimum Gasteiger partial charge on any atom is -0.378 e. The van der Waals surface area contributed by atoms with E-state index in [0.29, 0.717) is 6.04 Å². The van der Waals surface area contributed by atoms with Gasteiger partial charge in [0.1, 0.15) is 0 Å². The number of ether oxygens (including phenoxy) is 3. The van der Waals surface area contributed by atoms with Gasteiger partial charge < -0.3 is 19.5 Å². The van der Waals surface area contributed by atoms with Gasteiger partial charge >= 0.3 is 0 Å². The second-order valence-electron chi connectivity index (χ2n) is 4.05. The number of nitrogens with one attached hydrogen (secondary N) is 1. The molecule has 1 fully saturated rings. The normalized spacial score (nSPS) is 20.8. The van der Waals surface area contributed by atoms with E-state index in [1.165, 1.54) is 5.56 Å². The SMILES string of the molecule is COC(OC)c1ccc(C2COCCN2)cc1. The monoisotopic (exact) mass is 237 g/mol. The van der Waals surface area contributed by atoms with Crippen molar-refractivity contribution in [1.29, 1.82) is 0 Å². The molecule has 1 unspecified atom stereocenters. The molecule has 4 nitrogen and oxygen atoms in total. The lowest BCUT2D eigenvalue weighted by molar-refractivity contribution is -0.106. The van der Waals surface area contributed by atoms with Crippen molar-refractivity contribution < 1.29 is 14.2 Å². The summed E-state index contributed by atoms with van der Waals surface area (Å²) in [6, 6.07) is 8.53. The predicted octanol–water partition coefficient (Wildman–Crippen LogP) is 1.64. The average Bonchev–Trinajstić information content (AvgIpc) is 2.42. The van der Waals surface area contributed by atoms with Crippen LogP contribution in [0, 0.1) is 0 Å². The lowest BCUT2D eigenvalue weighted by atomic mass is 10.0. The van der Waals surface area contributed by atoms with Gasteiger partial charge in [-0.15, -0.1) is 0 Å². The van der Waals surface area contributed by atoms with Crippen LogP contribution in [0.3, 0.4) is 0 Å². The molecule has 1 atom stereocenters. The topological polar surface area (TPSA) is 39.7 Å². The van der Waals surface area contributed by atoms with Crippen molar-refractivity contribution in [2.24, 2.45) is 0 Å². The first-order valence-electron chi connectivity index (χ1n) is 5.81. The van der Waals surface area contributed by atoms with Crippen molar-refractivity contribution >= 4 is 0 Å². The van der Waals surface area contributed by atoms with Crippen LogP contribution in [0.2, 0.25) is 0 Å². The molecule has 94 valence electrons. The molecule has 17 heavy (non-hydrogen) atoms. The van der Waals surface area contributed by atoms with E-state index in [1.807, 2.05) is 12.1 Å². The van der Waals surface area contributed by atoms with Crippen LogP contribution in [0.4, 0.5) is 0 Å². The molecular formula is C13H19NO3. The van der Waals surface area contributed by atoms with E-state index >= 15 is 0 Å². The molecule has 0 bridgehead atoms. The third-order valence-corrected chi connectivity index (χ3v) is 2.96. The fourth-order valence-corrected chi connectivity index (χ4v) is 2.03. The van der Waals surface area contributed by atoms with E-state index in [-0.39, 0.29) is 6.29 Å². The van der Waals surface area contributed by atoms with Gasteiger partial charge in [0.25, 0.3) is 0 Å². The third-order valence-electron chi connectivity index (χ3n) is 2.96. The zero-order valence-electron chi connectivity index (χ0n) is 10.3. The first-order chi connectivity index (χ1) is 8.35. The molecule has 0 spiro atoms. The molecule has 1 N–H and O–H groups in total. The van der Waals surface area contributed by atoms with Gasteiger partial charge in [-0.1, -0.05) is 24.3 Å². The fraction of sp³-hybridized carbons (Fsp3) is 0.538. The first-order valence-corrected chi connectivity index (χ1v) is 5.81. The van der Waals surface area contributed by atoms with Gasteiger partial charge in [0.2, 0.25) is 0 Å². The summed E-state index contributed by atoms with van der Waals surface area (Å²) in [4.78, 5) is 0. The molecule has 1 aliphatic heterocycles. The van der Waals surface area contributed by atoms with Crippen molar-refractivity contribution in [3.8, 4) is 0 Å². The summed E-state index contributed by atoms with van der Waals surface area (Å²) in [5.41, 5.74) is 2.26. The highest BCUT2D eigenvalue weighted by Crippen LogP contribution is 2.21. The molecule has 1 saturated heterocycles. The van der Waals surface area contributed by atoms with Crippen LogP contribution in [0.15, 0.2) is 24.3 Å². The van der Waals surface area contributed by atoms with Crippen LogP contribution in [0.5, 0.6) is 0 Å². The Morgan fingerprint density at radius 3 is 2.47 bits per heavy atom. The van der Waals surface area contributed by atoms with E-state index in [2.05, 4.69) is 17.4 Å². The van der Waals surface area contributed by atoms with E-state index in [9.17, 15) is 0 Å². The second kappa shape index (κ2) is 6.12. The number of benzene rings is 1. The number of morpholine rings is 1. The minimum atomic E-state index is -0.292. The number of hydrogen-bond acceptors (Lipinski definition) is 4. The zero-order valence-corrected chi connectivity index (χ0v) is 10.3. The Bertz CT molecular complexity index is 329. The Kier molecular flexibility index (Phi) is 4.50. The Hall–Kier alpha value is -0.940. The van der Waals surface area contributed by atoms with Crippen LogP contribution in [-0.4, -0.2) is 34.0 Å². The fourth-order valence-electron chi connectivity index (χ4n) is 2.03. The van der Waals surface area contributed by atoms with Crippen molar-refractivity contribution in [2.75, 3.05) is 34.0 Å². The molecular weight excluding hydrogens is 218 g/mol. The molecule has 1 aromatic carbocycles. The highest BCUT2D eigenvalue weighted by atomic mass is 16.7. The number of hydrogen-bond donors (Lipinski definition) is 1. The standard InChI is InChI=1S/C13H19NO3/c1-15-13(16-2)11-5-3-10(4-6-11)12-9-17-8-7-14-12/h3-6,12-14H,7-9H2,1-2H3. The molecule has 0 aliphatic carbocycles. The van der Waals surface area contributed by atoms with Crippen LogP contribution in [-0.2, 0) is 14.2 Å². The number of methoxy groups -OCH3 is 2. The largest absolute Gasteiger partial charge is 0.378 e. The van der Waals surface area contributed by atoms with Crippen LogP contribution in [0.1, 0.15) is 23.5 Å². The van der Waals surface area contributed by atoms with Gasteiger partial charge in [-0.2, -0.15) is 0 Å². The summed E-state index contributed by atoms with van der Waals surface area (Å²) in [5.74, 6) is 0. The van der Waals surface area contributed by atoms with Crippen molar-refractivity contribution in [1.82, 2.24) is 5.32 Å². The second-order valence-corrected chi connectivity index (χ2v) is 4.05. The van der Waals surface area contributed by atoms with Gasteiger partial charge in [0.05, 0.1) is 19.3 Å². The Morgan fingerprint density at radius 1 is 1.24 bits per heavy atom. The van der Waals surface area contributed by atoms with E-state index in [1.54, 1.807) is 14.2 Å². The molecule has 0 aromatic heterocycles. The molecule has 1 aromatic rings. The maximum absolute atomic E-state index is 5.44. The summed E-state index contributed by atoms with van der Waals surface area (Å²) in [7, 11) is 3.28. The van der Waals surface area contributed by atoms with Crippen molar-refractivity contribution in [3.05, 3.63) is 35.4 Å². The summed E-state index contributed by atoms with van der Waals surface area (Å²) in [6.07, 6.45) is -0.292. The lowest BCUT2D eigenvalue weighted by Gasteiger charge is -2.24. The van der Waals surface area contributed by atoms with Gasteiger partial charge in [-0.25, -0.2) is 0 Å². The summed E-state index contributed by atoms with van der Waals surface area (Å²) in [6.45, 7) is 2.44. The highest BCUT2D eigenvalue weighted by molar-refractivity contribution is 5.26. The maximum atomic E-state index is 5.44. The summed E-state index contributed by atoms with van der Waals surface area (Å²) < 4.78 is 15.9. The minimum absolute atomic E-state index is 0.292. The van der Waals surface area contributed by atoms with Crippen LogP contribution in [0.25, 0.3) is 0 Å². The molecule has 1 aliphatic rings. The highest BCUT2D eigenvalue weighted by Gasteiger charge is 2.16. The third kappa shape index (κ3) is 3.04. The van der Waals surface area contributed by atoms with Crippen LogP contribution >= 0.6 is 0 Å². The molecule has 0 saturated carbocycles. The quantitative estimate of drug-likeness (QED) is 0.808. The molecule has 2 rings (SSSR count). The molecule has 0 radical (unpaired) electrons. The van der Waals surface area contributed by atoms with Gasteiger partial charge in [0.15, 0.2) is 6.29 Å². The van der Waals surface area contributed by atoms with Crippen molar-refractivity contribution in [3.63, 3.8) is 0 Å². The van der Waals surface area contributed by atoms with Gasteiger partial charge in [-0.3, -0.25) is 0 Å². The van der Waals surface area contributed by atoms with E-state index in [0.717, 1.165) is 25.3 Å². The predicted molar refractivity (Wildman–Crippen MR) is 64.8 cm³/mol. The zero-order chi connectivity index (χ0) is 12.1. The first kappa shape index (κ1) is 12.5. The molecule has 1 heterocycles. The summed E-state index contributed by atoms with van der Waals surface area (Å²) >= 11 is 0. The average molecular weight is 237 g/mol. The van der Waals surface area contributed by atoms with Crippen LogP contribution < -0.4 is 5.32 Å². The van der Waals surface area contributed by atoms with Gasteiger partial charge in [0, 0.05) is 26.3 Å². The smallest absolute Gasteiger partial charge is 0.183 e. The van der Waals surface area contributed by atoms with Crippen molar-refractivity contribution in [2.45, 2.75) is 12.3 Å².